The molecular weight excluding hydrogens is 296 g/mol. The van der Waals surface area contributed by atoms with Gasteiger partial charge in [0.1, 0.15) is 5.58 Å². The monoisotopic (exact) mass is 308 g/mol. The molecule has 4 rings (SSSR count). The van der Waals surface area contributed by atoms with Crippen molar-refractivity contribution in [1.29, 1.82) is 0 Å². The largest absolute Gasteiger partial charge is 0.453 e. The SMILES string of the molecule is O=C(CSc1nc2ccccc2[nH]1)c1cc2ccccc2o1. The molecule has 0 aliphatic carbocycles. The van der Waals surface area contributed by atoms with E-state index in [2.05, 4.69) is 9.97 Å². The number of hydrogen-bond donors (Lipinski definition) is 1. The second-order valence-electron chi connectivity index (χ2n) is 4.92. The van der Waals surface area contributed by atoms with E-state index in [1.54, 1.807) is 6.07 Å². The summed E-state index contributed by atoms with van der Waals surface area (Å²) in [5, 5.41) is 1.69. The van der Waals surface area contributed by atoms with Crippen molar-refractivity contribution in [2.24, 2.45) is 0 Å². The quantitative estimate of drug-likeness (QED) is 0.451. The van der Waals surface area contributed by atoms with Crippen LogP contribution in [0.2, 0.25) is 0 Å². The van der Waals surface area contributed by atoms with Crippen LogP contribution in [0.25, 0.3) is 22.0 Å². The van der Waals surface area contributed by atoms with Crippen LogP contribution in [0.5, 0.6) is 0 Å². The number of para-hydroxylation sites is 3. The number of nitrogens with one attached hydrogen (secondary N) is 1. The zero-order valence-electron chi connectivity index (χ0n) is 11.6. The first-order valence-electron chi connectivity index (χ1n) is 6.89. The van der Waals surface area contributed by atoms with Crippen molar-refractivity contribution < 1.29 is 9.21 Å². The van der Waals surface area contributed by atoms with Crippen LogP contribution in [0.3, 0.4) is 0 Å². The number of carbonyl (C=O) groups is 1. The van der Waals surface area contributed by atoms with Gasteiger partial charge in [0.2, 0.25) is 5.78 Å². The first kappa shape index (κ1) is 13.2. The van der Waals surface area contributed by atoms with Crippen LogP contribution in [0.4, 0.5) is 0 Å². The lowest BCUT2D eigenvalue weighted by Crippen LogP contribution is -2.00. The fraction of sp³-hybridized carbons (Fsp3) is 0.0588. The Morgan fingerprint density at radius 1 is 1.14 bits per heavy atom. The number of nitrogens with zero attached hydrogens (tertiary/aromatic N) is 1. The minimum Gasteiger partial charge on any atom is -0.453 e. The number of fused-ring (bicyclic) bond motifs is 2. The van der Waals surface area contributed by atoms with Crippen molar-refractivity contribution >= 4 is 39.5 Å². The average Bonchev–Trinajstić information content (AvgIpc) is 3.15. The third-order valence-corrected chi connectivity index (χ3v) is 4.28. The average molecular weight is 308 g/mol. The molecule has 1 N–H and O–H groups in total. The number of furan rings is 1. The van der Waals surface area contributed by atoms with E-state index >= 15 is 0 Å². The number of H-pyrrole nitrogens is 1. The molecule has 0 radical (unpaired) electrons. The van der Waals surface area contributed by atoms with Gasteiger partial charge in [0.25, 0.3) is 0 Å². The summed E-state index contributed by atoms with van der Waals surface area (Å²) >= 11 is 1.38. The highest BCUT2D eigenvalue weighted by Crippen LogP contribution is 2.23. The molecule has 0 amide bonds. The van der Waals surface area contributed by atoms with E-state index in [4.69, 9.17) is 4.42 Å². The Balaban J connectivity index is 1.51. The number of hydrogen-bond acceptors (Lipinski definition) is 4. The predicted octanol–water partition coefficient (Wildman–Crippen LogP) is 4.28. The van der Waals surface area contributed by atoms with Crippen molar-refractivity contribution in [3.05, 3.63) is 60.4 Å². The molecule has 108 valence electrons. The van der Waals surface area contributed by atoms with Crippen molar-refractivity contribution in [1.82, 2.24) is 9.97 Å². The molecule has 0 unspecified atom stereocenters. The van der Waals surface area contributed by atoms with Gasteiger partial charge in [0.05, 0.1) is 16.8 Å². The molecular formula is C17H12N2O2S. The van der Waals surface area contributed by atoms with Crippen molar-refractivity contribution in [3.8, 4) is 0 Å². The maximum Gasteiger partial charge on any atom is 0.208 e. The second-order valence-corrected chi connectivity index (χ2v) is 5.88. The summed E-state index contributed by atoms with van der Waals surface area (Å²) in [6, 6.07) is 17.2. The highest BCUT2D eigenvalue weighted by atomic mass is 32.2. The Bertz CT molecular complexity index is 905. The lowest BCUT2D eigenvalue weighted by Gasteiger charge is -1.94. The van der Waals surface area contributed by atoms with E-state index in [1.807, 2.05) is 48.5 Å². The fourth-order valence-electron chi connectivity index (χ4n) is 2.32. The molecule has 2 aromatic carbocycles. The maximum atomic E-state index is 12.2. The van der Waals surface area contributed by atoms with E-state index in [0.717, 1.165) is 27.2 Å². The van der Waals surface area contributed by atoms with Crippen molar-refractivity contribution in [3.63, 3.8) is 0 Å². The smallest absolute Gasteiger partial charge is 0.208 e. The Morgan fingerprint density at radius 2 is 1.95 bits per heavy atom. The van der Waals surface area contributed by atoms with Crippen LogP contribution in [-0.2, 0) is 0 Å². The van der Waals surface area contributed by atoms with E-state index in [9.17, 15) is 4.79 Å². The topological polar surface area (TPSA) is 58.9 Å². The van der Waals surface area contributed by atoms with Gasteiger partial charge in [0.15, 0.2) is 10.9 Å². The first-order valence-corrected chi connectivity index (χ1v) is 7.87. The number of ketones is 1. The molecule has 5 heteroatoms. The Hall–Kier alpha value is -2.53. The Labute approximate surface area is 130 Å². The van der Waals surface area contributed by atoms with Gasteiger partial charge in [-0.3, -0.25) is 4.79 Å². The number of Topliss-reactive ketones (excluding diaryl/α,β-unsaturated/α-hetero) is 1. The summed E-state index contributed by atoms with van der Waals surface area (Å²) in [5.41, 5.74) is 2.61. The van der Waals surface area contributed by atoms with Crippen LogP contribution in [0, 0.1) is 0 Å². The minimum absolute atomic E-state index is 0.0401. The third-order valence-electron chi connectivity index (χ3n) is 3.41. The molecule has 4 aromatic rings. The summed E-state index contributed by atoms with van der Waals surface area (Å²) in [6.45, 7) is 0. The Kier molecular flexibility index (Phi) is 3.20. The summed E-state index contributed by atoms with van der Waals surface area (Å²) < 4.78 is 5.58. The van der Waals surface area contributed by atoms with Crippen LogP contribution < -0.4 is 0 Å². The maximum absolute atomic E-state index is 12.2. The molecule has 0 saturated carbocycles. The van der Waals surface area contributed by atoms with Gasteiger partial charge in [-0.15, -0.1) is 0 Å². The van der Waals surface area contributed by atoms with Gasteiger partial charge >= 0.3 is 0 Å². The predicted molar refractivity (Wildman–Crippen MR) is 87.4 cm³/mol. The summed E-state index contributed by atoms with van der Waals surface area (Å²) in [5.74, 6) is 0.645. The lowest BCUT2D eigenvalue weighted by atomic mass is 10.2. The molecule has 4 nitrogen and oxygen atoms in total. The summed E-state index contributed by atoms with van der Waals surface area (Å²) in [6.07, 6.45) is 0. The van der Waals surface area contributed by atoms with Gasteiger partial charge in [-0.1, -0.05) is 42.1 Å². The Morgan fingerprint density at radius 3 is 2.82 bits per heavy atom. The molecule has 22 heavy (non-hydrogen) atoms. The molecule has 2 heterocycles. The minimum atomic E-state index is -0.0401. The van der Waals surface area contributed by atoms with E-state index in [-0.39, 0.29) is 5.78 Å². The standard InChI is InChI=1S/C17H12N2O2S/c20-14(16-9-11-5-1-4-8-15(11)21-16)10-22-17-18-12-6-2-3-7-13(12)19-17/h1-9H,10H2,(H,18,19). The molecule has 0 saturated heterocycles. The highest BCUT2D eigenvalue weighted by Gasteiger charge is 2.13. The molecule has 0 aliphatic rings. The van der Waals surface area contributed by atoms with Gasteiger partial charge in [-0.2, -0.15) is 0 Å². The number of imidazole rings is 1. The molecule has 2 aromatic heterocycles. The first-order chi connectivity index (χ1) is 10.8. The van der Waals surface area contributed by atoms with E-state index < -0.39 is 0 Å². The van der Waals surface area contributed by atoms with Gasteiger partial charge in [-0.05, 0) is 24.3 Å². The molecule has 0 aliphatic heterocycles. The van der Waals surface area contributed by atoms with Crippen LogP contribution in [0.1, 0.15) is 10.6 Å². The van der Waals surface area contributed by atoms with Crippen molar-refractivity contribution in [2.45, 2.75) is 5.16 Å². The molecule has 0 fully saturated rings. The molecule has 0 bridgehead atoms. The zero-order valence-corrected chi connectivity index (χ0v) is 12.4. The summed E-state index contributed by atoms with van der Waals surface area (Å²) in [7, 11) is 0. The molecule has 0 spiro atoms. The lowest BCUT2D eigenvalue weighted by molar-refractivity contribution is 0.0994. The van der Waals surface area contributed by atoms with Gasteiger partial charge < -0.3 is 9.40 Å². The highest BCUT2D eigenvalue weighted by molar-refractivity contribution is 7.99. The second kappa shape index (κ2) is 5.35. The van der Waals surface area contributed by atoms with Gasteiger partial charge in [0, 0.05) is 5.39 Å². The number of aromatic amines is 1. The zero-order chi connectivity index (χ0) is 14.9. The van der Waals surface area contributed by atoms with E-state index in [1.165, 1.54) is 11.8 Å². The van der Waals surface area contributed by atoms with Gasteiger partial charge in [-0.25, -0.2) is 4.98 Å². The number of aromatic nitrogens is 2. The normalized spacial score (nSPS) is 11.3. The number of carbonyl (C=O) groups excluding carboxylic acids is 1. The number of thioether (sulfide) groups is 1. The fourth-order valence-corrected chi connectivity index (χ4v) is 3.08. The number of rotatable bonds is 4. The molecule has 0 atom stereocenters. The van der Waals surface area contributed by atoms with Crippen LogP contribution in [-0.4, -0.2) is 21.5 Å². The number of benzene rings is 2. The van der Waals surface area contributed by atoms with Crippen molar-refractivity contribution in [2.75, 3.05) is 5.75 Å². The van der Waals surface area contributed by atoms with E-state index in [0.29, 0.717) is 11.5 Å². The van der Waals surface area contributed by atoms with Crippen LogP contribution in [0.15, 0.2) is 64.2 Å². The van der Waals surface area contributed by atoms with Crippen LogP contribution >= 0.6 is 11.8 Å². The third kappa shape index (κ3) is 2.40. The summed E-state index contributed by atoms with van der Waals surface area (Å²) in [4.78, 5) is 19.9.